The standard InChI is InChI=1S/C13H7N3/c14-8-10-1-2-13(12(7-10)9-15)11-3-5-16-6-4-11/h1-7H. The van der Waals surface area contributed by atoms with E-state index in [2.05, 4.69) is 11.1 Å². The molecule has 1 aromatic heterocycles. The van der Waals surface area contributed by atoms with Gasteiger partial charge in [-0.05, 0) is 35.4 Å². The third kappa shape index (κ3) is 1.75. The molecule has 2 aromatic rings. The van der Waals surface area contributed by atoms with Crippen molar-refractivity contribution < 1.29 is 0 Å². The van der Waals surface area contributed by atoms with Crippen molar-refractivity contribution in [2.45, 2.75) is 0 Å². The van der Waals surface area contributed by atoms with Crippen LogP contribution in [-0.2, 0) is 0 Å². The fourth-order valence-electron chi connectivity index (χ4n) is 1.49. The number of aromatic nitrogens is 1. The van der Waals surface area contributed by atoms with Gasteiger partial charge in [0.05, 0.1) is 23.3 Å². The maximum absolute atomic E-state index is 9.02. The van der Waals surface area contributed by atoms with Gasteiger partial charge in [0.25, 0.3) is 0 Å². The summed E-state index contributed by atoms with van der Waals surface area (Å²) in [4.78, 5) is 3.92. The highest BCUT2D eigenvalue weighted by atomic mass is 14.6. The minimum atomic E-state index is 0.495. The Balaban J connectivity index is 2.60. The molecule has 0 bridgehead atoms. The van der Waals surface area contributed by atoms with E-state index in [0.29, 0.717) is 11.1 Å². The van der Waals surface area contributed by atoms with Crippen molar-refractivity contribution in [2.24, 2.45) is 0 Å². The van der Waals surface area contributed by atoms with Crippen molar-refractivity contribution in [3.8, 4) is 23.3 Å². The monoisotopic (exact) mass is 205 g/mol. The van der Waals surface area contributed by atoms with Gasteiger partial charge in [-0.15, -0.1) is 0 Å². The van der Waals surface area contributed by atoms with Crippen molar-refractivity contribution in [2.75, 3.05) is 0 Å². The summed E-state index contributed by atoms with van der Waals surface area (Å²) in [5.41, 5.74) is 2.75. The van der Waals surface area contributed by atoms with Crippen LogP contribution in [-0.4, -0.2) is 4.98 Å². The summed E-state index contributed by atoms with van der Waals surface area (Å²) in [6, 6.07) is 12.9. The van der Waals surface area contributed by atoms with Crippen molar-refractivity contribution in [3.63, 3.8) is 0 Å². The van der Waals surface area contributed by atoms with Crippen molar-refractivity contribution in [1.29, 1.82) is 10.5 Å². The largest absolute Gasteiger partial charge is 0.265 e. The molecule has 3 nitrogen and oxygen atoms in total. The summed E-state index contributed by atoms with van der Waals surface area (Å²) in [6.07, 6.45) is 3.35. The Kier molecular flexibility index (Phi) is 2.63. The van der Waals surface area contributed by atoms with E-state index in [1.807, 2.05) is 18.2 Å². The van der Waals surface area contributed by atoms with Crippen molar-refractivity contribution in [3.05, 3.63) is 53.9 Å². The summed E-state index contributed by atoms with van der Waals surface area (Å²) >= 11 is 0. The minimum Gasteiger partial charge on any atom is -0.265 e. The first kappa shape index (κ1) is 9.89. The molecule has 0 unspecified atom stereocenters. The Bertz CT molecular complexity index is 589. The van der Waals surface area contributed by atoms with Crippen LogP contribution in [0.3, 0.4) is 0 Å². The fraction of sp³-hybridized carbons (Fsp3) is 0. The number of nitriles is 2. The predicted molar refractivity (Wildman–Crippen MR) is 59.1 cm³/mol. The second-order valence-electron chi connectivity index (χ2n) is 3.22. The second kappa shape index (κ2) is 4.25. The Morgan fingerprint density at radius 2 is 1.69 bits per heavy atom. The molecule has 0 amide bonds. The van der Waals surface area contributed by atoms with Crippen molar-refractivity contribution in [1.82, 2.24) is 4.98 Å². The number of benzene rings is 1. The predicted octanol–water partition coefficient (Wildman–Crippen LogP) is 2.49. The van der Waals surface area contributed by atoms with Gasteiger partial charge >= 0.3 is 0 Å². The lowest BCUT2D eigenvalue weighted by Crippen LogP contribution is -1.86. The molecule has 0 saturated heterocycles. The van der Waals surface area contributed by atoms with Crippen LogP contribution in [0.5, 0.6) is 0 Å². The van der Waals surface area contributed by atoms with Gasteiger partial charge < -0.3 is 0 Å². The molecule has 0 spiro atoms. The van der Waals surface area contributed by atoms with Crippen LogP contribution < -0.4 is 0 Å². The summed E-state index contributed by atoms with van der Waals surface area (Å²) in [5, 5.41) is 17.8. The van der Waals surface area contributed by atoms with Gasteiger partial charge in [0.15, 0.2) is 0 Å². The van der Waals surface area contributed by atoms with E-state index in [-0.39, 0.29) is 0 Å². The minimum absolute atomic E-state index is 0.495. The summed E-state index contributed by atoms with van der Waals surface area (Å²) in [5.74, 6) is 0. The Labute approximate surface area is 93.2 Å². The van der Waals surface area contributed by atoms with Crippen LogP contribution in [0.25, 0.3) is 11.1 Å². The summed E-state index contributed by atoms with van der Waals surface area (Å²) < 4.78 is 0. The number of hydrogen-bond donors (Lipinski definition) is 0. The van der Waals surface area contributed by atoms with Gasteiger partial charge in [-0.1, -0.05) is 6.07 Å². The summed E-state index contributed by atoms with van der Waals surface area (Å²) in [7, 11) is 0. The third-order valence-corrected chi connectivity index (χ3v) is 2.26. The number of rotatable bonds is 1. The quantitative estimate of drug-likeness (QED) is 0.718. The lowest BCUT2D eigenvalue weighted by Gasteiger charge is -2.03. The highest BCUT2D eigenvalue weighted by Crippen LogP contribution is 2.23. The van der Waals surface area contributed by atoms with Gasteiger partial charge in [-0.2, -0.15) is 10.5 Å². The first-order chi connectivity index (χ1) is 7.85. The maximum Gasteiger partial charge on any atom is 0.0998 e. The highest BCUT2D eigenvalue weighted by molar-refractivity contribution is 5.71. The molecular weight excluding hydrogens is 198 g/mol. The SMILES string of the molecule is N#Cc1ccc(-c2ccncc2)c(C#N)c1. The first-order valence-corrected chi connectivity index (χ1v) is 4.70. The van der Waals surface area contributed by atoms with Crippen LogP contribution >= 0.6 is 0 Å². The average Bonchev–Trinajstić information content (AvgIpc) is 2.39. The lowest BCUT2D eigenvalue weighted by molar-refractivity contribution is 1.33. The van der Waals surface area contributed by atoms with Crippen LogP contribution in [0.15, 0.2) is 42.7 Å². The topological polar surface area (TPSA) is 60.5 Å². The Morgan fingerprint density at radius 3 is 2.31 bits per heavy atom. The van der Waals surface area contributed by atoms with Crippen LogP contribution in [0.1, 0.15) is 11.1 Å². The van der Waals surface area contributed by atoms with Gasteiger partial charge in [-0.3, -0.25) is 4.98 Å². The Hall–Kier alpha value is -2.65. The molecule has 0 N–H and O–H groups in total. The lowest BCUT2D eigenvalue weighted by atomic mass is 9.99. The van der Waals surface area contributed by atoms with Gasteiger partial charge in [0.2, 0.25) is 0 Å². The van der Waals surface area contributed by atoms with Gasteiger partial charge in [-0.25, -0.2) is 0 Å². The highest BCUT2D eigenvalue weighted by Gasteiger charge is 2.05. The molecule has 0 aliphatic rings. The first-order valence-electron chi connectivity index (χ1n) is 4.70. The molecule has 1 aromatic carbocycles. The van der Waals surface area contributed by atoms with Gasteiger partial charge in [0.1, 0.15) is 0 Å². The third-order valence-electron chi connectivity index (χ3n) is 2.26. The fourth-order valence-corrected chi connectivity index (χ4v) is 1.49. The zero-order valence-electron chi connectivity index (χ0n) is 8.38. The molecule has 0 radical (unpaired) electrons. The smallest absolute Gasteiger partial charge is 0.0998 e. The molecule has 74 valence electrons. The zero-order valence-corrected chi connectivity index (χ0v) is 8.38. The number of hydrogen-bond acceptors (Lipinski definition) is 3. The normalized spacial score (nSPS) is 9.12. The summed E-state index contributed by atoms with van der Waals surface area (Å²) in [6.45, 7) is 0. The molecule has 1 heterocycles. The van der Waals surface area contributed by atoms with Crippen LogP contribution in [0, 0.1) is 22.7 Å². The Morgan fingerprint density at radius 1 is 0.938 bits per heavy atom. The van der Waals surface area contributed by atoms with E-state index >= 15 is 0 Å². The average molecular weight is 205 g/mol. The molecule has 0 atom stereocenters. The van der Waals surface area contributed by atoms with E-state index in [9.17, 15) is 0 Å². The van der Waals surface area contributed by atoms with Crippen LogP contribution in [0.4, 0.5) is 0 Å². The second-order valence-corrected chi connectivity index (χ2v) is 3.22. The van der Waals surface area contributed by atoms with E-state index in [0.717, 1.165) is 11.1 Å². The van der Waals surface area contributed by atoms with Crippen molar-refractivity contribution >= 4 is 0 Å². The molecule has 3 heteroatoms. The van der Waals surface area contributed by atoms with E-state index < -0.39 is 0 Å². The molecule has 2 rings (SSSR count). The van der Waals surface area contributed by atoms with Crippen LogP contribution in [0.2, 0.25) is 0 Å². The zero-order chi connectivity index (χ0) is 11.4. The van der Waals surface area contributed by atoms with Gasteiger partial charge in [0, 0.05) is 12.4 Å². The number of pyridine rings is 1. The molecule has 0 aliphatic heterocycles. The van der Waals surface area contributed by atoms with E-state index in [1.54, 1.807) is 30.6 Å². The molecule has 0 fully saturated rings. The maximum atomic E-state index is 9.02. The molecule has 0 aliphatic carbocycles. The molecule has 16 heavy (non-hydrogen) atoms. The van der Waals surface area contributed by atoms with E-state index in [4.69, 9.17) is 10.5 Å². The molecular formula is C13H7N3. The van der Waals surface area contributed by atoms with E-state index in [1.165, 1.54) is 0 Å². The number of nitrogens with zero attached hydrogens (tertiary/aromatic N) is 3. The molecule has 0 saturated carbocycles.